The van der Waals surface area contributed by atoms with Crippen LogP contribution in [0.25, 0.3) is 33.2 Å². The summed E-state index contributed by atoms with van der Waals surface area (Å²) in [4.78, 5) is 36.4. The first-order chi connectivity index (χ1) is 24.8. The number of carbonyl (C=O) groups is 1. The van der Waals surface area contributed by atoms with Crippen LogP contribution in [0.1, 0.15) is 53.7 Å². The number of hydrogen-bond acceptors (Lipinski definition) is 6. The van der Waals surface area contributed by atoms with Gasteiger partial charge in [0.1, 0.15) is 0 Å². The molecule has 0 bridgehead atoms. The number of nitrogens with zero attached hydrogens (tertiary/aromatic N) is 4. The molecule has 1 amide bonds. The molecule has 8 rings (SSSR count). The van der Waals surface area contributed by atoms with Crippen LogP contribution in [-0.4, -0.2) is 50.6 Å². The summed E-state index contributed by atoms with van der Waals surface area (Å²) in [5, 5.41) is 11.7. The van der Waals surface area contributed by atoms with Crippen LogP contribution < -0.4 is 16.0 Å². The van der Waals surface area contributed by atoms with Gasteiger partial charge in [-0.2, -0.15) is 0 Å². The predicted octanol–water partition coefficient (Wildman–Crippen LogP) is 8.27. The number of halogens is 2. The molecule has 1 unspecified atom stereocenters. The van der Waals surface area contributed by atoms with Crippen LogP contribution in [0.5, 0.6) is 0 Å². The zero-order chi connectivity index (χ0) is 35.1. The Bertz CT molecular complexity index is 2410. The number of anilines is 2. The summed E-state index contributed by atoms with van der Waals surface area (Å²) in [6.45, 7) is 5.53. The number of hydrogen-bond donors (Lipinski definition) is 3. The van der Waals surface area contributed by atoms with Crippen LogP contribution in [0.3, 0.4) is 0 Å². The van der Waals surface area contributed by atoms with Crippen LogP contribution in [0, 0.1) is 0 Å². The Morgan fingerprint density at radius 1 is 1.00 bits per heavy atom. The molecule has 3 N–H and O–H groups in total. The molecule has 1 atom stereocenters. The van der Waals surface area contributed by atoms with Gasteiger partial charge >= 0.3 is 279 Å². The van der Waals surface area contributed by atoms with Crippen molar-refractivity contribution in [3.8, 4) is 22.3 Å². The number of aromatic nitrogens is 5. The van der Waals surface area contributed by atoms with E-state index in [1.165, 1.54) is 0 Å². The van der Waals surface area contributed by atoms with Gasteiger partial charge in [-0.15, -0.1) is 5.10 Å². The fourth-order valence-corrected chi connectivity index (χ4v) is 7.36. The second-order valence-electron chi connectivity index (χ2n) is 12.7. The minimum atomic E-state index is -0.552. The van der Waals surface area contributed by atoms with Crippen LogP contribution >= 0.6 is 23.2 Å². The van der Waals surface area contributed by atoms with Crippen molar-refractivity contribution in [3.05, 3.63) is 135 Å². The number of pyridine rings is 1. The molecular formula is C38H32BCl2N7O3. The molecule has 10 nitrogen and oxygen atoms in total. The molecule has 0 spiro atoms. The number of benzene rings is 3. The van der Waals surface area contributed by atoms with Crippen molar-refractivity contribution in [2.75, 3.05) is 23.3 Å². The Balaban J connectivity index is 1.20. The molecule has 3 aromatic carbocycles. The minimum absolute atomic E-state index is 0.0213. The van der Waals surface area contributed by atoms with Gasteiger partial charge in [-0.25, -0.2) is 9.89 Å². The molecule has 4 aromatic heterocycles. The van der Waals surface area contributed by atoms with E-state index in [1.807, 2.05) is 72.8 Å². The number of piperidine rings is 1. The normalized spacial score (nSPS) is 14.1. The van der Waals surface area contributed by atoms with E-state index in [0.717, 1.165) is 51.6 Å². The zero-order valence-corrected chi connectivity index (χ0v) is 29.1. The Labute approximate surface area is 303 Å². The second-order valence-corrected chi connectivity index (χ2v) is 13.6. The summed E-state index contributed by atoms with van der Waals surface area (Å²) >= 11 is 12.8. The molecule has 1 fully saturated rings. The molecule has 51 heavy (non-hydrogen) atoms. The van der Waals surface area contributed by atoms with E-state index >= 15 is 0 Å². The number of rotatable bonds is 8. The topological polar surface area (TPSA) is 125 Å². The SMILES string of the molecule is CC(c1ccc(Cl)cc1)n1cbc(-c2ccccc2)c1-c1c(C(=O)Nc2cccnc2N2CCC(c3n[nH]c(=O)o3)CC2)[nH]c2cc(Cl)ccc12. The maximum absolute atomic E-state index is 14.6. The van der Waals surface area contributed by atoms with Crippen molar-refractivity contribution in [2.24, 2.45) is 0 Å². The van der Waals surface area contributed by atoms with Gasteiger partial charge in [-0.3, -0.25) is 0 Å². The third-order valence-corrected chi connectivity index (χ3v) is 10.1. The van der Waals surface area contributed by atoms with Gasteiger partial charge < -0.3 is 4.42 Å². The van der Waals surface area contributed by atoms with Crippen LogP contribution in [0.2, 0.25) is 10.0 Å². The van der Waals surface area contributed by atoms with E-state index in [2.05, 4.69) is 67.0 Å². The fraction of sp³-hybridized carbons (Fsp3) is 0.184. The molecule has 5 heterocycles. The van der Waals surface area contributed by atoms with E-state index in [-0.39, 0.29) is 17.9 Å². The standard InChI is InChI=1S/C38H32BCl2N7O3/c1-22(23-9-11-26(40)12-10-23)48-21-39-32(24-6-3-2-4-7-24)34(48)31-28-14-13-27(41)20-30(28)43-33(31)36(49)44-29-8-5-17-42-35(29)47-18-15-25(16-19-47)37-45-46-38(50)51-37/h2-14,17,20-22,25,43H,15-16,18-19H2,1H3,(H,44,49)(H,46,50). The molecule has 13 heteroatoms. The van der Waals surface area contributed by atoms with Crippen molar-refractivity contribution in [3.63, 3.8) is 0 Å². The van der Waals surface area contributed by atoms with Gasteiger partial charge in [0.2, 0.25) is 5.89 Å². The first-order valence-corrected chi connectivity index (χ1v) is 17.5. The molecule has 0 radical (unpaired) electrons. The van der Waals surface area contributed by atoms with Crippen molar-refractivity contribution in [2.45, 2.75) is 31.7 Å². The first kappa shape index (κ1) is 32.8. The van der Waals surface area contributed by atoms with Gasteiger partial charge in [0.15, 0.2) is 0 Å². The Hall–Kier alpha value is -5.39. The summed E-state index contributed by atoms with van der Waals surface area (Å²) < 4.78 is 7.43. The molecular weight excluding hydrogens is 684 g/mol. The van der Waals surface area contributed by atoms with E-state index in [9.17, 15) is 9.59 Å². The Morgan fingerprint density at radius 3 is 2.51 bits per heavy atom. The van der Waals surface area contributed by atoms with Crippen LogP contribution in [0.15, 0.2) is 106 Å². The quantitative estimate of drug-likeness (QED) is 0.146. The average molecular weight is 716 g/mol. The molecule has 254 valence electrons. The van der Waals surface area contributed by atoms with E-state index in [0.29, 0.717) is 46.2 Å². The van der Waals surface area contributed by atoms with Crippen molar-refractivity contribution < 1.29 is 9.21 Å². The Kier molecular flexibility index (Phi) is 8.83. The van der Waals surface area contributed by atoms with E-state index < -0.39 is 5.76 Å². The van der Waals surface area contributed by atoms with Gasteiger partial charge in [0, 0.05) is 0 Å². The number of amides is 1. The van der Waals surface area contributed by atoms with Crippen molar-refractivity contribution in [1.82, 2.24) is 24.7 Å². The third kappa shape index (κ3) is 6.39. The number of aromatic amines is 2. The van der Waals surface area contributed by atoms with Gasteiger partial charge in [-0.1, -0.05) is 0 Å². The number of nitrogens with one attached hydrogen (secondary N) is 3. The Morgan fingerprint density at radius 2 is 1.76 bits per heavy atom. The van der Waals surface area contributed by atoms with Gasteiger partial charge in [-0.05, 0) is 0 Å². The van der Waals surface area contributed by atoms with Crippen molar-refractivity contribution >= 4 is 58.4 Å². The number of carbonyl (C=O) groups excluding carboxylic acids is 1. The fourth-order valence-electron chi connectivity index (χ4n) is 7.06. The average Bonchev–Trinajstić information content (AvgIpc) is 3.89. The molecule has 1 saturated heterocycles. The summed E-state index contributed by atoms with van der Waals surface area (Å²) in [6.07, 6.45) is 5.23. The van der Waals surface area contributed by atoms with Gasteiger partial charge in [0.05, 0.1) is 0 Å². The van der Waals surface area contributed by atoms with E-state index in [4.69, 9.17) is 27.6 Å². The van der Waals surface area contributed by atoms with E-state index in [1.54, 1.807) is 6.20 Å². The second kappa shape index (κ2) is 13.7. The number of H-pyrrole nitrogens is 2. The summed E-state index contributed by atoms with van der Waals surface area (Å²) in [6, 6.07) is 27.2. The summed E-state index contributed by atoms with van der Waals surface area (Å²) in [7, 11) is 0. The first-order valence-electron chi connectivity index (χ1n) is 16.7. The molecule has 1 aliphatic rings. The molecule has 0 aliphatic carbocycles. The molecule has 0 saturated carbocycles. The van der Waals surface area contributed by atoms with Crippen LogP contribution in [-0.2, 0) is 0 Å². The third-order valence-electron chi connectivity index (χ3n) is 9.63. The maximum atomic E-state index is 14.6. The zero-order valence-electron chi connectivity index (χ0n) is 27.6. The predicted molar refractivity (Wildman–Crippen MR) is 202 cm³/mol. The van der Waals surface area contributed by atoms with Crippen LogP contribution in [0.4, 0.5) is 11.5 Å². The monoisotopic (exact) mass is 715 g/mol. The molecule has 1 aliphatic heterocycles. The van der Waals surface area contributed by atoms with Crippen molar-refractivity contribution in [1.29, 1.82) is 0 Å². The number of fused-ring (bicyclic) bond motifs is 1. The summed E-state index contributed by atoms with van der Waals surface area (Å²) in [5.74, 6) is 0.242. The molecule has 7 aromatic rings. The summed E-state index contributed by atoms with van der Waals surface area (Å²) in [5.41, 5.74) is 6.46. The van der Waals surface area contributed by atoms with Gasteiger partial charge in [0.25, 0.3) is 0 Å².